The van der Waals surface area contributed by atoms with Crippen LogP contribution in [0.25, 0.3) is 0 Å². The maximum absolute atomic E-state index is 12.9. The van der Waals surface area contributed by atoms with Crippen LogP contribution in [0.2, 0.25) is 5.02 Å². The summed E-state index contributed by atoms with van der Waals surface area (Å²) in [7, 11) is 0. The minimum absolute atomic E-state index is 0.0672. The topological polar surface area (TPSA) is 67.2 Å². The summed E-state index contributed by atoms with van der Waals surface area (Å²) >= 11 is 6.14. The molecule has 0 unspecified atom stereocenters. The molecule has 0 aliphatic carbocycles. The lowest BCUT2D eigenvalue weighted by molar-refractivity contribution is 0.0774. The summed E-state index contributed by atoms with van der Waals surface area (Å²) in [6.07, 6.45) is 4.80. The summed E-state index contributed by atoms with van der Waals surface area (Å²) in [6, 6.07) is 7.09. The van der Waals surface area contributed by atoms with Crippen molar-refractivity contribution in [3.05, 3.63) is 46.5 Å². The van der Waals surface area contributed by atoms with Crippen LogP contribution in [0.15, 0.2) is 24.3 Å². The second kappa shape index (κ2) is 7.11. The van der Waals surface area contributed by atoms with E-state index in [9.17, 15) is 9.59 Å². The monoisotopic (exact) mass is 372 g/mol. The standard InChI is InChI=1S/C19H21ClN4O2/c20-13-7-1-2-8-14(13)21-18(25)16-15-9-3-4-12-24(15)17(22-16)19(26)23-10-5-6-11-23/h1-2,7-8H,3-6,9-12H2,(H,21,25). The molecule has 3 heterocycles. The van der Waals surface area contributed by atoms with Crippen LogP contribution in [0.3, 0.4) is 0 Å². The van der Waals surface area contributed by atoms with E-state index in [1.165, 1.54) is 0 Å². The molecular weight excluding hydrogens is 352 g/mol. The molecule has 0 spiro atoms. The summed E-state index contributed by atoms with van der Waals surface area (Å²) < 4.78 is 1.94. The second-order valence-electron chi connectivity index (χ2n) is 6.77. The van der Waals surface area contributed by atoms with E-state index < -0.39 is 0 Å². The number of amides is 2. The first-order valence-electron chi connectivity index (χ1n) is 9.09. The number of aromatic nitrogens is 2. The summed E-state index contributed by atoms with van der Waals surface area (Å²) in [4.78, 5) is 32.0. The zero-order valence-electron chi connectivity index (χ0n) is 14.5. The summed E-state index contributed by atoms with van der Waals surface area (Å²) in [5.74, 6) is 0.0116. The van der Waals surface area contributed by atoms with Crippen LogP contribution >= 0.6 is 11.6 Å². The van der Waals surface area contributed by atoms with Crippen LogP contribution in [-0.2, 0) is 13.0 Å². The van der Waals surface area contributed by atoms with E-state index in [0.29, 0.717) is 22.2 Å². The molecule has 2 amide bonds. The zero-order valence-corrected chi connectivity index (χ0v) is 15.3. The molecule has 1 saturated heterocycles. The van der Waals surface area contributed by atoms with Gasteiger partial charge in [-0.3, -0.25) is 9.59 Å². The quantitative estimate of drug-likeness (QED) is 0.898. The van der Waals surface area contributed by atoms with Crippen molar-refractivity contribution >= 4 is 29.1 Å². The smallest absolute Gasteiger partial charge is 0.289 e. The fourth-order valence-electron chi connectivity index (χ4n) is 3.69. The number of anilines is 1. The van der Waals surface area contributed by atoms with Crippen LogP contribution in [0.4, 0.5) is 5.69 Å². The Labute approximate surface area is 157 Å². The summed E-state index contributed by atoms with van der Waals surface area (Å²) in [5, 5.41) is 3.30. The average molecular weight is 373 g/mol. The Morgan fingerprint density at radius 3 is 2.54 bits per heavy atom. The predicted molar refractivity (Wildman–Crippen MR) is 99.7 cm³/mol. The molecule has 1 fully saturated rings. The van der Waals surface area contributed by atoms with Gasteiger partial charge in [0.25, 0.3) is 11.8 Å². The molecule has 1 aromatic heterocycles. The highest BCUT2D eigenvalue weighted by Gasteiger charge is 2.30. The summed E-state index contributed by atoms with van der Waals surface area (Å²) in [6.45, 7) is 2.26. The van der Waals surface area contributed by atoms with Crippen LogP contribution < -0.4 is 5.32 Å². The molecule has 136 valence electrons. The number of hydrogen-bond donors (Lipinski definition) is 1. The third kappa shape index (κ3) is 3.09. The minimum Gasteiger partial charge on any atom is -0.336 e. The molecule has 26 heavy (non-hydrogen) atoms. The number of hydrogen-bond acceptors (Lipinski definition) is 3. The third-order valence-corrected chi connectivity index (χ3v) is 5.37. The van der Waals surface area contributed by atoms with Crippen molar-refractivity contribution < 1.29 is 9.59 Å². The molecule has 2 aliphatic heterocycles. The SMILES string of the molecule is O=C(Nc1ccccc1Cl)c1nc(C(=O)N2CCCC2)n2c1CCCC2. The first kappa shape index (κ1) is 17.1. The van der Waals surface area contributed by atoms with Crippen molar-refractivity contribution in [2.24, 2.45) is 0 Å². The number of para-hydroxylation sites is 1. The average Bonchev–Trinajstić information content (AvgIpc) is 3.31. The lowest BCUT2D eigenvalue weighted by atomic mass is 10.1. The highest BCUT2D eigenvalue weighted by atomic mass is 35.5. The Bertz CT molecular complexity index is 855. The fourth-order valence-corrected chi connectivity index (χ4v) is 3.88. The van der Waals surface area contributed by atoms with Crippen molar-refractivity contribution in [1.82, 2.24) is 14.5 Å². The fraction of sp³-hybridized carbons (Fsp3) is 0.421. The number of carbonyl (C=O) groups excluding carboxylic acids is 2. The molecule has 0 saturated carbocycles. The maximum Gasteiger partial charge on any atom is 0.289 e. The highest BCUT2D eigenvalue weighted by Crippen LogP contribution is 2.25. The van der Waals surface area contributed by atoms with Crippen molar-refractivity contribution in [2.45, 2.75) is 38.6 Å². The highest BCUT2D eigenvalue weighted by molar-refractivity contribution is 6.33. The summed E-state index contributed by atoms with van der Waals surface area (Å²) in [5.41, 5.74) is 1.74. The number of nitrogens with one attached hydrogen (secondary N) is 1. The van der Waals surface area contributed by atoms with Crippen molar-refractivity contribution in [3.63, 3.8) is 0 Å². The van der Waals surface area contributed by atoms with Crippen LogP contribution in [0.5, 0.6) is 0 Å². The Balaban J connectivity index is 1.66. The Hall–Kier alpha value is -2.34. The number of halogens is 1. The molecule has 6 nitrogen and oxygen atoms in total. The van der Waals surface area contributed by atoms with Gasteiger partial charge in [0.05, 0.1) is 16.4 Å². The van der Waals surface area contributed by atoms with Crippen LogP contribution in [0, 0.1) is 0 Å². The molecule has 0 bridgehead atoms. The minimum atomic E-state index is -0.316. The normalized spacial score (nSPS) is 16.4. The molecule has 2 aliphatic rings. The van der Waals surface area contributed by atoms with E-state index in [-0.39, 0.29) is 11.8 Å². The lowest BCUT2D eigenvalue weighted by Crippen LogP contribution is -2.31. The number of imidazole rings is 1. The van der Waals surface area contributed by atoms with Crippen molar-refractivity contribution in [2.75, 3.05) is 18.4 Å². The van der Waals surface area contributed by atoms with E-state index in [0.717, 1.165) is 57.4 Å². The second-order valence-corrected chi connectivity index (χ2v) is 7.18. The van der Waals surface area contributed by atoms with Gasteiger partial charge >= 0.3 is 0 Å². The molecule has 1 N–H and O–H groups in total. The number of benzene rings is 1. The van der Waals surface area contributed by atoms with Crippen LogP contribution in [-0.4, -0.2) is 39.4 Å². The van der Waals surface area contributed by atoms with Crippen molar-refractivity contribution in [1.29, 1.82) is 0 Å². The van der Waals surface area contributed by atoms with Crippen LogP contribution in [0.1, 0.15) is 52.5 Å². The number of fused-ring (bicyclic) bond motifs is 1. The van der Waals surface area contributed by atoms with Gasteiger partial charge in [-0.05, 0) is 44.2 Å². The first-order chi connectivity index (χ1) is 12.6. The van der Waals surface area contributed by atoms with Gasteiger partial charge in [-0.15, -0.1) is 0 Å². The molecule has 7 heteroatoms. The zero-order chi connectivity index (χ0) is 18.1. The number of rotatable bonds is 3. The van der Waals surface area contributed by atoms with Gasteiger partial charge in [-0.2, -0.15) is 0 Å². The molecule has 0 atom stereocenters. The van der Waals surface area contributed by atoms with Gasteiger partial charge in [0, 0.05) is 19.6 Å². The number of likely N-dealkylation sites (tertiary alicyclic amines) is 1. The van der Waals surface area contributed by atoms with E-state index in [1.807, 2.05) is 21.6 Å². The van der Waals surface area contributed by atoms with Gasteiger partial charge in [0.15, 0.2) is 11.5 Å². The van der Waals surface area contributed by atoms with Gasteiger partial charge in [-0.25, -0.2) is 4.98 Å². The molecule has 1 aromatic carbocycles. The molecule has 0 radical (unpaired) electrons. The Morgan fingerprint density at radius 2 is 1.77 bits per heavy atom. The number of carbonyl (C=O) groups is 2. The van der Waals surface area contributed by atoms with E-state index >= 15 is 0 Å². The Morgan fingerprint density at radius 1 is 1.04 bits per heavy atom. The molecule has 2 aromatic rings. The van der Waals surface area contributed by atoms with Gasteiger partial charge in [0.2, 0.25) is 0 Å². The van der Waals surface area contributed by atoms with Crippen molar-refractivity contribution in [3.8, 4) is 0 Å². The van der Waals surface area contributed by atoms with Gasteiger partial charge in [-0.1, -0.05) is 23.7 Å². The van der Waals surface area contributed by atoms with Gasteiger partial charge in [0.1, 0.15) is 0 Å². The van der Waals surface area contributed by atoms with E-state index in [2.05, 4.69) is 10.3 Å². The number of nitrogens with zero attached hydrogens (tertiary/aromatic N) is 3. The predicted octanol–water partition coefficient (Wildman–Crippen LogP) is 3.36. The largest absolute Gasteiger partial charge is 0.336 e. The Kier molecular flexibility index (Phi) is 4.68. The van der Waals surface area contributed by atoms with E-state index in [1.54, 1.807) is 12.1 Å². The first-order valence-corrected chi connectivity index (χ1v) is 9.47. The lowest BCUT2D eigenvalue weighted by Gasteiger charge is -2.19. The van der Waals surface area contributed by atoms with E-state index in [4.69, 9.17) is 11.6 Å². The molecular formula is C19H21ClN4O2. The maximum atomic E-state index is 12.9. The third-order valence-electron chi connectivity index (χ3n) is 5.04. The molecule has 4 rings (SSSR count). The van der Waals surface area contributed by atoms with Gasteiger partial charge < -0.3 is 14.8 Å².